The Bertz CT molecular complexity index is 297. The summed E-state index contributed by atoms with van der Waals surface area (Å²) in [5.41, 5.74) is 9.78. The first-order valence-corrected chi connectivity index (χ1v) is 4.11. The van der Waals surface area contributed by atoms with Crippen LogP contribution in [0.1, 0.15) is 19.4 Å². The number of nitrogens with two attached hydrogens (primary N) is 2. The predicted octanol–water partition coefficient (Wildman–Crippen LogP) is 1.20. The Labute approximate surface area is 77.0 Å². The van der Waals surface area contributed by atoms with Crippen molar-refractivity contribution in [2.24, 2.45) is 5.73 Å². The van der Waals surface area contributed by atoms with Gasteiger partial charge in [0, 0.05) is 17.8 Å². The summed E-state index contributed by atoms with van der Waals surface area (Å²) in [7, 11) is 0. The number of anilines is 1. The van der Waals surface area contributed by atoms with Crippen molar-refractivity contribution in [3.8, 4) is 0 Å². The molecule has 0 aromatic carbocycles. The number of rotatable bonds is 2. The Morgan fingerprint density at radius 1 is 1.62 bits per heavy atom. The SMILES string of the molecule is CC(N)C(C)(F)c1cccnc1N. The number of nitrogens with zero attached hydrogens (tertiary/aromatic N) is 1. The first kappa shape index (κ1) is 9.92. The summed E-state index contributed by atoms with van der Waals surface area (Å²) in [6.07, 6.45) is 1.52. The monoisotopic (exact) mass is 183 g/mol. The third-order valence-electron chi connectivity index (χ3n) is 2.22. The lowest BCUT2D eigenvalue weighted by Crippen LogP contribution is -2.37. The third kappa shape index (κ3) is 1.78. The smallest absolute Gasteiger partial charge is 0.151 e. The summed E-state index contributed by atoms with van der Waals surface area (Å²) in [6.45, 7) is 3.01. The van der Waals surface area contributed by atoms with Crippen molar-refractivity contribution in [1.82, 2.24) is 4.98 Å². The fourth-order valence-corrected chi connectivity index (χ4v) is 1.08. The van der Waals surface area contributed by atoms with E-state index in [1.54, 1.807) is 19.1 Å². The van der Waals surface area contributed by atoms with Crippen LogP contribution in [0.4, 0.5) is 10.2 Å². The zero-order valence-electron chi connectivity index (χ0n) is 7.79. The first-order chi connectivity index (χ1) is 5.96. The maximum absolute atomic E-state index is 14.0. The van der Waals surface area contributed by atoms with Gasteiger partial charge in [0.1, 0.15) is 5.82 Å². The van der Waals surface area contributed by atoms with Gasteiger partial charge in [0.15, 0.2) is 5.67 Å². The highest BCUT2D eigenvalue weighted by atomic mass is 19.1. The van der Waals surface area contributed by atoms with Crippen molar-refractivity contribution in [3.05, 3.63) is 23.9 Å². The molecule has 0 spiro atoms. The molecule has 0 aliphatic carbocycles. The molecule has 0 radical (unpaired) electrons. The Balaban J connectivity index is 3.14. The highest BCUT2D eigenvalue weighted by Gasteiger charge is 2.32. The average Bonchev–Trinajstić information content (AvgIpc) is 2.04. The Hall–Kier alpha value is -1.16. The van der Waals surface area contributed by atoms with Gasteiger partial charge in [-0.15, -0.1) is 0 Å². The van der Waals surface area contributed by atoms with E-state index in [4.69, 9.17) is 11.5 Å². The number of aromatic nitrogens is 1. The van der Waals surface area contributed by atoms with Crippen LogP contribution in [-0.2, 0) is 5.67 Å². The highest BCUT2D eigenvalue weighted by Crippen LogP contribution is 2.30. The third-order valence-corrected chi connectivity index (χ3v) is 2.22. The largest absolute Gasteiger partial charge is 0.383 e. The van der Waals surface area contributed by atoms with Gasteiger partial charge in [0.2, 0.25) is 0 Å². The van der Waals surface area contributed by atoms with E-state index in [0.29, 0.717) is 5.56 Å². The molecule has 0 amide bonds. The lowest BCUT2D eigenvalue weighted by atomic mass is 9.92. The van der Waals surface area contributed by atoms with E-state index in [9.17, 15) is 4.39 Å². The molecule has 1 rings (SSSR count). The van der Waals surface area contributed by atoms with E-state index in [2.05, 4.69) is 4.98 Å². The quantitative estimate of drug-likeness (QED) is 0.724. The summed E-state index contributed by atoms with van der Waals surface area (Å²) in [5.74, 6) is 0.199. The standard InChI is InChI=1S/C9H14FN3/c1-6(11)9(2,10)7-4-3-5-13-8(7)12/h3-6H,11H2,1-2H3,(H2,12,13). The summed E-state index contributed by atoms with van der Waals surface area (Å²) >= 11 is 0. The predicted molar refractivity (Wildman–Crippen MR) is 50.8 cm³/mol. The summed E-state index contributed by atoms with van der Waals surface area (Å²) in [6, 6.07) is 2.64. The molecule has 1 aromatic rings. The van der Waals surface area contributed by atoms with Crippen molar-refractivity contribution < 1.29 is 4.39 Å². The second kappa shape index (κ2) is 3.30. The van der Waals surface area contributed by atoms with Crippen LogP contribution in [0.3, 0.4) is 0 Å². The minimum absolute atomic E-state index is 0.199. The van der Waals surface area contributed by atoms with Crippen LogP contribution in [0, 0.1) is 0 Å². The molecule has 2 unspecified atom stereocenters. The van der Waals surface area contributed by atoms with Gasteiger partial charge in [-0.05, 0) is 19.9 Å². The molecule has 0 aliphatic rings. The van der Waals surface area contributed by atoms with Gasteiger partial charge in [-0.2, -0.15) is 0 Å². The molecule has 2 atom stereocenters. The summed E-state index contributed by atoms with van der Waals surface area (Å²) < 4.78 is 14.0. The van der Waals surface area contributed by atoms with Gasteiger partial charge in [0.25, 0.3) is 0 Å². The molecule has 4 N–H and O–H groups in total. The molecule has 0 bridgehead atoms. The number of hydrogen-bond donors (Lipinski definition) is 2. The fourth-order valence-electron chi connectivity index (χ4n) is 1.08. The van der Waals surface area contributed by atoms with Crippen molar-refractivity contribution in [3.63, 3.8) is 0 Å². The van der Waals surface area contributed by atoms with E-state index < -0.39 is 11.7 Å². The number of nitrogen functional groups attached to an aromatic ring is 1. The Kier molecular flexibility index (Phi) is 2.52. The minimum atomic E-state index is -1.63. The molecule has 13 heavy (non-hydrogen) atoms. The zero-order chi connectivity index (χ0) is 10.1. The molecule has 0 aliphatic heterocycles. The molecule has 72 valence electrons. The Morgan fingerprint density at radius 3 is 2.69 bits per heavy atom. The second-order valence-electron chi connectivity index (χ2n) is 3.30. The zero-order valence-corrected chi connectivity index (χ0v) is 7.79. The van der Waals surface area contributed by atoms with Crippen LogP contribution in [0.2, 0.25) is 0 Å². The number of hydrogen-bond acceptors (Lipinski definition) is 3. The maximum Gasteiger partial charge on any atom is 0.151 e. The van der Waals surface area contributed by atoms with E-state index in [-0.39, 0.29) is 5.82 Å². The van der Waals surface area contributed by atoms with Gasteiger partial charge >= 0.3 is 0 Å². The Morgan fingerprint density at radius 2 is 2.23 bits per heavy atom. The van der Waals surface area contributed by atoms with Crippen molar-refractivity contribution in [1.29, 1.82) is 0 Å². The highest BCUT2D eigenvalue weighted by molar-refractivity contribution is 5.43. The normalized spacial score (nSPS) is 17.8. The van der Waals surface area contributed by atoms with Gasteiger partial charge in [-0.3, -0.25) is 0 Å². The molecule has 1 aromatic heterocycles. The lowest BCUT2D eigenvalue weighted by molar-refractivity contribution is 0.158. The van der Waals surface area contributed by atoms with Gasteiger partial charge in [-0.25, -0.2) is 9.37 Å². The molecule has 0 fully saturated rings. The minimum Gasteiger partial charge on any atom is -0.383 e. The number of halogens is 1. The molecule has 1 heterocycles. The van der Waals surface area contributed by atoms with Crippen molar-refractivity contribution >= 4 is 5.82 Å². The molecule has 3 nitrogen and oxygen atoms in total. The van der Waals surface area contributed by atoms with E-state index in [1.807, 2.05) is 0 Å². The first-order valence-electron chi connectivity index (χ1n) is 4.11. The lowest BCUT2D eigenvalue weighted by Gasteiger charge is -2.25. The van der Waals surface area contributed by atoms with E-state index in [1.165, 1.54) is 13.1 Å². The molecule has 0 saturated heterocycles. The molecule has 4 heteroatoms. The van der Waals surface area contributed by atoms with Gasteiger partial charge in [0.05, 0.1) is 0 Å². The number of pyridine rings is 1. The average molecular weight is 183 g/mol. The molecular weight excluding hydrogens is 169 g/mol. The van der Waals surface area contributed by atoms with Crippen LogP contribution in [0.5, 0.6) is 0 Å². The molecule has 0 saturated carbocycles. The van der Waals surface area contributed by atoms with Crippen LogP contribution in [0.15, 0.2) is 18.3 Å². The van der Waals surface area contributed by atoms with Crippen LogP contribution < -0.4 is 11.5 Å². The van der Waals surface area contributed by atoms with Gasteiger partial charge in [-0.1, -0.05) is 6.07 Å². The van der Waals surface area contributed by atoms with Crippen LogP contribution in [0.25, 0.3) is 0 Å². The maximum atomic E-state index is 14.0. The topological polar surface area (TPSA) is 64.9 Å². The van der Waals surface area contributed by atoms with Crippen LogP contribution >= 0.6 is 0 Å². The van der Waals surface area contributed by atoms with Crippen molar-refractivity contribution in [2.75, 3.05) is 5.73 Å². The van der Waals surface area contributed by atoms with E-state index >= 15 is 0 Å². The summed E-state index contributed by atoms with van der Waals surface area (Å²) in [4.78, 5) is 3.81. The van der Waals surface area contributed by atoms with Gasteiger partial charge < -0.3 is 11.5 Å². The van der Waals surface area contributed by atoms with Crippen molar-refractivity contribution in [2.45, 2.75) is 25.6 Å². The number of alkyl halides is 1. The fraction of sp³-hybridized carbons (Fsp3) is 0.444. The van der Waals surface area contributed by atoms with Crippen LogP contribution in [-0.4, -0.2) is 11.0 Å². The molecular formula is C9H14FN3. The van der Waals surface area contributed by atoms with E-state index in [0.717, 1.165) is 0 Å². The second-order valence-corrected chi connectivity index (χ2v) is 3.30. The summed E-state index contributed by atoms with van der Waals surface area (Å²) in [5, 5.41) is 0.